The Morgan fingerprint density at radius 2 is 1.89 bits per heavy atom. The summed E-state index contributed by atoms with van der Waals surface area (Å²) in [6.07, 6.45) is 2.86. The van der Waals surface area contributed by atoms with Gasteiger partial charge in [0.2, 0.25) is 5.91 Å². The van der Waals surface area contributed by atoms with Gasteiger partial charge in [-0.2, -0.15) is 0 Å². The molecule has 102 valence electrons. The molecule has 1 aromatic rings. The number of hydrogen-bond acceptors (Lipinski definition) is 2. The summed E-state index contributed by atoms with van der Waals surface area (Å²) in [7, 11) is 0. The molecule has 5 heteroatoms. The quantitative estimate of drug-likeness (QED) is 0.870. The van der Waals surface area contributed by atoms with Crippen LogP contribution in [-0.4, -0.2) is 17.9 Å². The summed E-state index contributed by atoms with van der Waals surface area (Å²) in [5.74, 6) is -1.05. The fourth-order valence-electron chi connectivity index (χ4n) is 2.42. The van der Waals surface area contributed by atoms with Crippen molar-refractivity contribution in [2.75, 3.05) is 0 Å². The Morgan fingerprint density at radius 1 is 1.21 bits per heavy atom. The maximum Gasteiger partial charge on any atom is 0.251 e. The van der Waals surface area contributed by atoms with E-state index < -0.39 is 5.82 Å². The van der Waals surface area contributed by atoms with E-state index in [4.69, 9.17) is 5.73 Å². The molecule has 0 saturated heterocycles. The zero-order valence-electron chi connectivity index (χ0n) is 10.6. The minimum Gasteiger partial charge on any atom is -0.369 e. The van der Waals surface area contributed by atoms with Gasteiger partial charge in [0.15, 0.2) is 0 Å². The van der Waals surface area contributed by atoms with Gasteiger partial charge in [0, 0.05) is 17.5 Å². The molecular formula is C14H17FN2O2. The second kappa shape index (κ2) is 5.82. The van der Waals surface area contributed by atoms with Crippen LogP contribution in [0.25, 0.3) is 0 Å². The fourth-order valence-corrected chi connectivity index (χ4v) is 2.42. The highest BCUT2D eigenvalue weighted by Gasteiger charge is 2.25. The van der Waals surface area contributed by atoms with E-state index in [9.17, 15) is 14.0 Å². The van der Waals surface area contributed by atoms with E-state index in [0.29, 0.717) is 18.4 Å². The van der Waals surface area contributed by atoms with Crippen molar-refractivity contribution >= 4 is 11.8 Å². The SMILES string of the molecule is NC(=O)C1CCC(NC(=O)c2cccc(F)c2)CC1. The van der Waals surface area contributed by atoms with E-state index in [1.54, 1.807) is 6.07 Å². The highest BCUT2D eigenvalue weighted by Crippen LogP contribution is 2.24. The number of carbonyl (C=O) groups excluding carboxylic acids is 2. The summed E-state index contributed by atoms with van der Waals surface area (Å²) in [6, 6.07) is 5.63. The topological polar surface area (TPSA) is 72.2 Å². The molecule has 2 amide bonds. The number of hydrogen-bond donors (Lipinski definition) is 2. The first kappa shape index (κ1) is 13.5. The lowest BCUT2D eigenvalue weighted by Gasteiger charge is -2.27. The average Bonchev–Trinajstić information content (AvgIpc) is 2.39. The van der Waals surface area contributed by atoms with Crippen molar-refractivity contribution in [3.05, 3.63) is 35.6 Å². The molecule has 3 N–H and O–H groups in total. The molecule has 2 rings (SSSR count). The summed E-state index contributed by atoms with van der Waals surface area (Å²) >= 11 is 0. The van der Waals surface area contributed by atoms with Gasteiger partial charge in [0.1, 0.15) is 5.82 Å². The summed E-state index contributed by atoms with van der Waals surface area (Å²) in [5.41, 5.74) is 5.57. The Morgan fingerprint density at radius 3 is 2.47 bits per heavy atom. The van der Waals surface area contributed by atoms with Crippen LogP contribution in [-0.2, 0) is 4.79 Å². The molecule has 0 spiro atoms. The highest BCUT2D eigenvalue weighted by molar-refractivity contribution is 5.94. The number of rotatable bonds is 3. The number of primary amides is 1. The van der Waals surface area contributed by atoms with Gasteiger partial charge in [-0.05, 0) is 43.9 Å². The molecule has 0 atom stereocenters. The zero-order valence-corrected chi connectivity index (χ0v) is 10.6. The molecule has 0 radical (unpaired) electrons. The normalized spacial score (nSPS) is 22.8. The van der Waals surface area contributed by atoms with E-state index in [1.807, 2.05) is 0 Å². The van der Waals surface area contributed by atoms with E-state index in [1.165, 1.54) is 18.2 Å². The molecule has 4 nitrogen and oxygen atoms in total. The third-order valence-electron chi connectivity index (χ3n) is 3.55. The van der Waals surface area contributed by atoms with Gasteiger partial charge in [0.05, 0.1) is 0 Å². The van der Waals surface area contributed by atoms with Crippen molar-refractivity contribution in [2.45, 2.75) is 31.7 Å². The molecule has 0 unspecified atom stereocenters. The third-order valence-corrected chi connectivity index (χ3v) is 3.55. The Hall–Kier alpha value is -1.91. The fraction of sp³-hybridized carbons (Fsp3) is 0.429. The smallest absolute Gasteiger partial charge is 0.251 e. The van der Waals surface area contributed by atoms with Crippen molar-refractivity contribution in [1.82, 2.24) is 5.32 Å². The Kier molecular flexibility index (Phi) is 4.14. The van der Waals surface area contributed by atoms with Gasteiger partial charge in [-0.3, -0.25) is 9.59 Å². The number of carbonyl (C=O) groups is 2. The third kappa shape index (κ3) is 3.53. The van der Waals surface area contributed by atoms with Crippen molar-refractivity contribution in [3.8, 4) is 0 Å². The maximum atomic E-state index is 13.0. The predicted octanol–water partition coefficient (Wildman–Crippen LogP) is 1.60. The van der Waals surface area contributed by atoms with Crippen LogP contribution in [0.5, 0.6) is 0 Å². The molecule has 0 aliphatic heterocycles. The van der Waals surface area contributed by atoms with Gasteiger partial charge >= 0.3 is 0 Å². The van der Waals surface area contributed by atoms with Crippen LogP contribution in [0, 0.1) is 11.7 Å². The molecule has 1 aliphatic carbocycles. The van der Waals surface area contributed by atoms with Crippen molar-refractivity contribution in [3.63, 3.8) is 0 Å². The summed E-state index contributed by atoms with van der Waals surface area (Å²) in [5, 5.41) is 2.86. The Labute approximate surface area is 111 Å². The van der Waals surface area contributed by atoms with Gasteiger partial charge in [-0.25, -0.2) is 4.39 Å². The lowest BCUT2D eigenvalue weighted by atomic mass is 9.85. The van der Waals surface area contributed by atoms with Crippen LogP contribution >= 0.6 is 0 Å². The lowest BCUT2D eigenvalue weighted by Crippen LogP contribution is -2.39. The predicted molar refractivity (Wildman–Crippen MR) is 68.8 cm³/mol. The first-order valence-corrected chi connectivity index (χ1v) is 6.42. The molecule has 1 saturated carbocycles. The number of halogens is 1. The van der Waals surface area contributed by atoms with Crippen molar-refractivity contribution in [1.29, 1.82) is 0 Å². The number of nitrogens with two attached hydrogens (primary N) is 1. The van der Waals surface area contributed by atoms with E-state index in [2.05, 4.69) is 5.32 Å². The van der Waals surface area contributed by atoms with Gasteiger partial charge in [-0.1, -0.05) is 6.07 Å². The molecular weight excluding hydrogens is 247 g/mol. The Bertz CT molecular complexity index is 482. The monoisotopic (exact) mass is 264 g/mol. The molecule has 1 aliphatic rings. The number of benzene rings is 1. The van der Waals surface area contributed by atoms with Crippen LogP contribution < -0.4 is 11.1 Å². The second-order valence-corrected chi connectivity index (χ2v) is 4.93. The van der Waals surface area contributed by atoms with E-state index in [-0.39, 0.29) is 23.8 Å². The molecule has 19 heavy (non-hydrogen) atoms. The summed E-state index contributed by atoms with van der Waals surface area (Å²) in [4.78, 5) is 22.9. The summed E-state index contributed by atoms with van der Waals surface area (Å²) in [6.45, 7) is 0. The van der Waals surface area contributed by atoms with E-state index >= 15 is 0 Å². The van der Waals surface area contributed by atoms with Gasteiger partial charge in [-0.15, -0.1) is 0 Å². The van der Waals surface area contributed by atoms with Crippen LogP contribution in [0.2, 0.25) is 0 Å². The lowest BCUT2D eigenvalue weighted by molar-refractivity contribution is -0.122. The highest BCUT2D eigenvalue weighted by atomic mass is 19.1. The molecule has 0 bridgehead atoms. The van der Waals surface area contributed by atoms with Crippen molar-refractivity contribution < 1.29 is 14.0 Å². The minimum atomic E-state index is -0.426. The first-order valence-electron chi connectivity index (χ1n) is 6.42. The average molecular weight is 264 g/mol. The van der Waals surface area contributed by atoms with E-state index in [0.717, 1.165) is 12.8 Å². The molecule has 1 aromatic carbocycles. The molecule has 0 heterocycles. The van der Waals surface area contributed by atoms with Gasteiger partial charge < -0.3 is 11.1 Å². The minimum absolute atomic E-state index is 0.0337. The van der Waals surface area contributed by atoms with Crippen molar-refractivity contribution in [2.24, 2.45) is 11.7 Å². The second-order valence-electron chi connectivity index (χ2n) is 4.93. The van der Waals surface area contributed by atoms with Crippen LogP contribution in [0.3, 0.4) is 0 Å². The molecule has 0 aromatic heterocycles. The first-order chi connectivity index (χ1) is 9.06. The Balaban J connectivity index is 1.89. The largest absolute Gasteiger partial charge is 0.369 e. The van der Waals surface area contributed by atoms with Crippen LogP contribution in [0.4, 0.5) is 4.39 Å². The number of amides is 2. The standard InChI is InChI=1S/C14H17FN2O2/c15-11-3-1-2-10(8-11)14(19)17-12-6-4-9(5-7-12)13(16)18/h1-3,8-9,12H,4-7H2,(H2,16,18)(H,17,19). The maximum absolute atomic E-state index is 13.0. The van der Waals surface area contributed by atoms with Crippen LogP contribution in [0.1, 0.15) is 36.0 Å². The molecule has 1 fully saturated rings. The zero-order chi connectivity index (χ0) is 13.8. The van der Waals surface area contributed by atoms with Gasteiger partial charge in [0.25, 0.3) is 5.91 Å². The summed E-state index contributed by atoms with van der Waals surface area (Å²) < 4.78 is 13.0. The number of nitrogens with one attached hydrogen (secondary N) is 1. The van der Waals surface area contributed by atoms with Crippen LogP contribution in [0.15, 0.2) is 24.3 Å².